The molecule has 2 heterocycles. The molecule has 1 aliphatic carbocycles. The van der Waals surface area contributed by atoms with Crippen LogP contribution in [0.5, 0.6) is 0 Å². The van der Waals surface area contributed by atoms with Crippen LogP contribution in [0, 0.1) is 17.5 Å². The molecular weight excluding hydrogens is 393 g/mol. The number of hydrogen-bond acceptors (Lipinski definition) is 4. The van der Waals surface area contributed by atoms with Crippen LogP contribution in [-0.4, -0.2) is 20.5 Å². The summed E-state index contributed by atoms with van der Waals surface area (Å²) in [5.41, 5.74) is 8.52. The highest BCUT2D eigenvalue weighted by molar-refractivity contribution is 6.09. The van der Waals surface area contributed by atoms with Gasteiger partial charge in [0, 0.05) is 12.5 Å². The van der Waals surface area contributed by atoms with Crippen LogP contribution in [0.3, 0.4) is 0 Å². The molecule has 0 aliphatic heterocycles. The molecule has 150 valence electrons. The number of ketones is 1. The standard InChI is InChI=1S/C22H15F3N4O/c23-13-2-1-3-16(9-13)29-22-17(10-27-29)21(26)20-18(28-22)6-12(7-19(20)30)11-4-14(24)8-15(25)5-11/h1-5,8-10,12H,6-7H2,(H2,26,28). The van der Waals surface area contributed by atoms with Crippen LogP contribution in [0.4, 0.5) is 18.9 Å². The van der Waals surface area contributed by atoms with Crippen molar-refractivity contribution in [2.75, 3.05) is 5.73 Å². The molecule has 0 fully saturated rings. The van der Waals surface area contributed by atoms with Gasteiger partial charge in [-0.15, -0.1) is 0 Å². The van der Waals surface area contributed by atoms with Crippen LogP contribution in [0.25, 0.3) is 16.7 Å². The number of nitrogens with two attached hydrogens (primary N) is 1. The molecule has 2 aromatic heterocycles. The van der Waals surface area contributed by atoms with Gasteiger partial charge in [0.25, 0.3) is 0 Å². The van der Waals surface area contributed by atoms with Crippen molar-refractivity contribution in [2.24, 2.45) is 0 Å². The van der Waals surface area contributed by atoms with Gasteiger partial charge in [-0.1, -0.05) is 6.07 Å². The van der Waals surface area contributed by atoms with Gasteiger partial charge in [-0.25, -0.2) is 22.8 Å². The van der Waals surface area contributed by atoms with Crippen LogP contribution >= 0.6 is 0 Å². The quantitative estimate of drug-likeness (QED) is 0.536. The Bertz CT molecular complexity index is 1310. The molecule has 0 saturated carbocycles. The van der Waals surface area contributed by atoms with Gasteiger partial charge in [-0.2, -0.15) is 5.10 Å². The monoisotopic (exact) mass is 408 g/mol. The molecule has 2 N–H and O–H groups in total. The topological polar surface area (TPSA) is 73.8 Å². The van der Waals surface area contributed by atoms with E-state index in [-0.39, 0.29) is 17.9 Å². The molecule has 1 aliphatic rings. The van der Waals surface area contributed by atoms with Crippen molar-refractivity contribution in [3.63, 3.8) is 0 Å². The molecule has 4 aromatic rings. The Morgan fingerprint density at radius 3 is 2.50 bits per heavy atom. The third kappa shape index (κ3) is 2.92. The number of Topliss-reactive ketones (excluding diaryl/α,β-unsaturated/α-hetero) is 1. The van der Waals surface area contributed by atoms with E-state index >= 15 is 0 Å². The Balaban J connectivity index is 1.65. The maximum absolute atomic E-state index is 13.7. The lowest BCUT2D eigenvalue weighted by molar-refractivity contribution is 0.0964. The third-order valence-electron chi connectivity index (χ3n) is 5.39. The highest BCUT2D eigenvalue weighted by atomic mass is 19.1. The van der Waals surface area contributed by atoms with E-state index in [1.807, 2.05) is 0 Å². The first-order valence-corrected chi connectivity index (χ1v) is 9.32. The van der Waals surface area contributed by atoms with Gasteiger partial charge in [0.1, 0.15) is 17.5 Å². The second kappa shape index (κ2) is 6.69. The smallest absolute Gasteiger partial charge is 0.167 e. The number of hydrogen-bond donors (Lipinski definition) is 1. The van der Waals surface area contributed by atoms with E-state index < -0.39 is 23.4 Å². The highest BCUT2D eigenvalue weighted by Gasteiger charge is 2.31. The second-order valence-electron chi connectivity index (χ2n) is 7.35. The Labute approximate surface area is 169 Å². The van der Waals surface area contributed by atoms with Crippen molar-refractivity contribution < 1.29 is 18.0 Å². The van der Waals surface area contributed by atoms with Gasteiger partial charge < -0.3 is 5.73 Å². The number of halogens is 3. The Hall–Kier alpha value is -3.68. The summed E-state index contributed by atoms with van der Waals surface area (Å²) in [7, 11) is 0. The molecule has 0 saturated heterocycles. The van der Waals surface area contributed by atoms with Gasteiger partial charge in [0.2, 0.25) is 0 Å². The van der Waals surface area contributed by atoms with Crippen molar-refractivity contribution in [3.05, 3.63) is 82.9 Å². The average molecular weight is 408 g/mol. The number of rotatable bonds is 2. The molecule has 30 heavy (non-hydrogen) atoms. The number of carbonyl (C=O) groups is 1. The summed E-state index contributed by atoms with van der Waals surface area (Å²) in [6.45, 7) is 0. The minimum Gasteiger partial charge on any atom is -0.397 e. The first-order chi connectivity index (χ1) is 14.4. The van der Waals surface area contributed by atoms with E-state index in [1.165, 1.54) is 35.1 Å². The predicted octanol–water partition coefficient (Wildman–Crippen LogP) is 4.33. The molecule has 0 spiro atoms. The third-order valence-corrected chi connectivity index (χ3v) is 5.39. The van der Waals surface area contributed by atoms with Crippen LogP contribution in [0.1, 0.15) is 34.0 Å². The minimum absolute atomic E-state index is 0.0747. The summed E-state index contributed by atoms with van der Waals surface area (Å²) in [5.74, 6) is -2.49. The number of anilines is 1. The SMILES string of the molecule is Nc1c2c(nc3c1cnn3-c1cccc(F)c1)CC(c1cc(F)cc(F)c1)CC2=O. The van der Waals surface area contributed by atoms with E-state index in [9.17, 15) is 18.0 Å². The van der Waals surface area contributed by atoms with Crippen molar-refractivity contribution >= 4 is 22.5 Å². The number of benzene rings is 2. The second-order valence-corrected chi connectivity index (χ2v) is 7.35. The largest absolute Gasteiger partial charge is 0.397 e. The molecule has 0 amide bonds. The Kier molecular flexibility index (Phi) is 4.09. The molecule has 8 heteroatoms. The first kappa shape index (κ1) is 18.4. The number of fused-ring (bicyclic) bond motifs is 2. The molecule has 1 unspecified atom stereocenters. The van der Waals surface area contributed by atoms with Gasteiger partial charge in [0.05, 0.1) is 34.2 Å². The van der Waals surface area contributed by atoms with Crippen LogP contribution < -0.4 is 5.73 Å². The van der Waals surface area contributed by atoms with Crippen molar-refractivity contribution in [3.8, 4) is 5.69 Å². The lowest BCUT2D eigenvalue weighted by Crippen LogP contribution is -2.22. The summed E-state index contributed by atoms with van der Waals surface area (Å²) < 4.78 is 42.5. The van der Waals surface area contributed by atoms with Gasteiger partial charge in [-0.3, -0.25) is 4.79 Å². The zero-order valence-corrected chi connectivity index (χ0v) is 15.6. The van der Waals surface area contributed by atoms with E-state index in [2.05, 4.69) is 10.1 Å². The predicted molar refractivity (Wildman–Crippen MR) is 105 cm³/mol. The van der Waals surface area contributed by atoms with Crippen LogP contribution in [0.2, 0.25) is 0 Å². The van der Waals surface area contributed by atoms with E-state index in [4.69, 9.17) is 5.73 Å². The molecule has 1 atom stereocenters. The average Bonchev–Trinajstić information content (AvgIpc) is 3.11. The van der Waals surface area contributed by atoms with Crippen LogP contribution in [-0.2, 0) is 6.42 Å². The fraction of sp³-hybridized carbons (Fsp3) is 0.136. The summed E-state index contributed by atoms with van der Waals surface area (Å²) in [6, 6.07) is 9.11. The van der Waals surface area contributed by atoms with Crippen molar-refractivity contribution in [1.29, 1.82) is 0 Å². The maximum Gasteiger partial charge on any atom is 0.167 e. The lowest BCUT2D eigenvalue weighted by Gasteiger charge is -2.24. The van der Waals surface area contributed by atoms with Gasteiger partial charge in [0.15, 0.2) is 11.4 Å². The number of pyridine rings is 1. The first-order valence-electron chi connectivity index (χ1n) is 9.32. The number of nitrogens with zero attached hydrogens (tertiary/aromatic N) is 3. The lowest BCUT2D eigenvalue weighted by atomic mass is 9.81. The Morgan fingerprint density at radius 1 is 1.00 bits per heavy atom. The maximum atomic E-state index is 13.7. The molecule has 0 radical (unpaired) electrons. The van der Waals surface area contributed by atoms with Crippen molar-refractivity contribution in [1.82, 2.24) is 14.8 Å². The van der Waals surface area contributed by atoms with E-state index in [0.29, 0.717) is 40.0 Å². The molecule has 2 aromatic carbocycles. The minimum atomic E-state index is -0.699. The summed E-state index contributed by atoms with van der Waals surface area (Å²) >= 11 is 0. The van der Waals surface area contributed by atoms with Crippen LogP contribution in [0.15, 0.2) is 48.7 Å². The number of nitrogen functional groups attached to an aromatic ring is 1. The molecule has 0 bridgehead atoms. The normalized spacial score (nSPS) is 16.1. The Morgan fingerprint density at radius 2 is 1.77 bits per heavy atom. The highest BCUT2D eigenvalue weighted by Crippen LogP contribution is 2.37. The summed E-state index contributed by atoms with van der Waals surface area (Å²) in [6.07, 6.45) is 1.86. The zero-order valence-electron chi connectivity index (χ0n) is 15.6. The van der Waals surface area contributed by atoms with Gasteiger partial charge in [-0.05, 0) is 48.2 Å². The summed E-state index contributed by atoms with van der Waals surface area (Å²) in [5, 5.41) is 4.75. The van der Waals surface area contributed by atoms with E-state index in [0.717, 1.165) is 6.07 Å². The van der Waals surface area contributed by atoms with E-state index in [1.54, 1.807) is 12.1 Å². The van der Waals surface area contributed by atoms with Gasteiger partial charge >= 0.3 is 0 Å². The fourth-order valence-electron chi connectivity index (χ4n) is 4.05. The molecule has 5 rings (SSSR count). The molecular formula is C22H15F3N4O. The zero-order chi connectivity index (χ0) is 21.0. The van der Waals surface area contributed by atoms with Crippen molar-refractivity contribution in [2.45, 2.75) is 18.8 Å². The number of aromatic nitrogens is 3. The summed E-state index contributed by atoms with van der Waals surface area (Å²) in [4.78, 5) is 17.4. The molecule has 5 nitrogen and oxygen atoms in total. The fourth-order valence-corrected chi connectivity index (χ4v) is 4.05. The number of carbonyl (C=O) groups excluding carboxylic acids is 1.